The fourth-order valence-corrected chi connectivity index (χ4v) is 3.25. The van der Waals surface area contributed by atoms with Crippen LogP contribution in [0.15, 0.2) is 0 Å². The van der Waals surface area contributed by atoms with Crippen LogP contribution in [-0.2, 0) is 4.74 Å². The molecule has 0 bridgehead atoms. The summed E-state index contributed by atoms with van der Waals surface area (Å²) in [5, 5.41) is 13.9. The summed E-state index contributed by atoms with van der Waals surface area (Å²) >= 11 is 0. The molecular weight excluding hydrogens is 228 g/mol. The van der Waals surface area contributed by atoms with Gasteiger partial charge in [-0.05, 0) is 25.8 Å². The average Bonchev–Trinajstić information content (AvgIpc) is 2.28. The summed E-state index contributed by atoms with van der Waals surface area (Å²) in [4.78, 5) is 2.30. The Hall–Kier alpha value is -0.160. The van der Waals surface area contributed by atoms with Crippen LogP contribution in [-0.4, -0.2) is 61.5 Å². The summed E-state index contributed by atoms with van der Waals surface area (Å²) in [6.07, 6.45) is 4.57. The monoisotopic (exact) mass is 256 g/mol. The van der Waals surface area contributed by atoms with Gasteiger partial charge in [-0.3, -0.25) is 0 Å². The summed E-state index contributed by atoms with van der Waals surface area (Å²) in [6, 6.07) is 0. The number of aliphatic hydroxyl groups is 1. The van der Waals surface area contributed by atoms with Crippen molar-refractivity contribution in [2.45, 2.75) is 44.3 Å². The zero-order chi connectivity index (χ0) is 13.0. The van der Waals surface area contributed by atoms with Gasteiger partial charge in [0.2, 0.25) is 0 Å². The maximum Gasteiger partial charge on any atom is 0.0826 e. The normalized spacial score (nSPS) is 38.8. The molecule has 2 fully saturated rings. The first-order valence-corrected chi connectivity index (χ1v) is 7.31. The highest BCUT2D eigenvalue weighted by Crippen LogP contribution is 2.31. The molecule has 0 aromatic carbocycles. The Morgan fingerprint density at radius 2 is 2.33 bits per heavy atom. The minimum absolute atomic E-state index is 0.272. The van der Waals surface area contributed by atoms with Crippen molar-refractivity contribution in [3.8, 4) is 0 Å². The molecule has 1 aliphatic heterocycles. The van der Waals surface area contributed by atoms with Crippen molar-refractivity contribution < 1.29 is 9.84 Å². The number of morpholine rings is 1. The van der Waals surface area contributed by atoms with E-state index in [0.717, 1.165) is 45.5 Å². The van der Waals surface area contributed by atoms with Gasteiger partial charge >= 0.3 is 0 Å². The smallest absolute Gasteiger partial charge is 0.0826 e. The predicted molar refractivity (Wildman–Crippen MR) is 72.7 cm³/mol. The van der Waals surface area contributed by atoms with Gasteiger partial charge in [0, 0.05) is 26.2 Å². The van der Waals surface area contributed by atoms with Gasteiger partial charge in [-0.1, -0.05) is 19.8 Å². The van der Waals surface area contributed by atoms with Crippen LogP contribution in [0.1, 0.15) is 32.6 Å². The number of likely N-dealkylation sites (N-methyl/N-ethyl adjacent to an activating group) is 1. The zero-order valence-corrected chi connectivity index (χ0v) is 11.8. The quantitative estimate of drug-likeness (QED) is 0.783. The third kappa shape index (κ3) is 4.19. The van der Waals surface area contributed by atoms with Crippen molar-refractivity contribution >= 4 is 0 Å². The van der Waals surface area contributed by atoms with Crippen molar-refractivity contribution in [3.63, 3.8) is 0 Å². The van der Waals surface area contributed by atoms with Crippen molar-refractivity contribution in [1.29, 1.82) is 0 Å². The van der Waals surface area contributed by atoms with Gasteiger partial charge in [-0.25, -0.2) is 0 Å². The zero-order valence-electron chi connectivity index (χ0n) is 11.8. The van der Waals surface area contributed by atoms with Gasteiger partial charge < -0.3 is 20.1 Å². The fraction of sp³-hybridized carbons (Fsp3) is 1.00. The third-order valence-electron chi connectivity index (χ3n) is 4.24. The molecular formula is C14H28N2O2. The standard InChI is InChI=1S/C14H28N2O2/c1-12-4-3-5-14(17,8-12)11-15-9-13-10-16(2)6-7-18-13/h12-13,15,17H,3-11H2,1-2H3. The molecule has 0 aromatic heterocycles. The number of ether oxygens (including phenoxy) is 1. The summed E-state index contributed by atoms with van der Waals surface area (Å²) in [7, 11) is 2.13. The highest BCUT2D eigenvalue weighted by molar-refractivity contribution is 4.87. The maximum absolute atomic E-state index is 10.5. The molecule has 1 aliphatic carbocycles. The number of hydrogen-bond donors (Lipinski definition) is 2. The van der Waals surface area contributed by atoms with Crippen LogP contribution in [0.3, 0.4) is 0 Å². The van der Waals surface area contributed by atoms with Crippen LogP contribution >= 0.6 is 0 Å². The maximum atomic E-state index is 10.5. The Balaban J connectivity index is 1.67. The molecule has 2 rings (SSSR count). The van der Waals surface area contributed by atoms with E-state index in [1.807, 2.05) is 0 Å². The highest BCUT2D eigenvalue weighted by Gasteiger charge is 2.32. The minimum Gasteiger partial charge on any atom is -0.389 e. The number of rotatable bonds is 4. The van der Waals surface area contributed by atoms with E-state index in [2.05, 4.69) is 24.2 Å². The van der Waals surface area contributed by atoms with E-state index in [9.17, 15) is 5.11 Å². The molecule has 3 unspecified atom stereocenters. The molecule has 4 nitrogen and oxygen atoms in total. The van der Waals surface area contributed by atoms with Crippen molar-refractivity contribution in [1.82, 2.24) is 10.2 Å². The Morgan fingerprint density at radius 3 is 3.06 bits per heavy atom. The van der Waals surface area contributed by atoms with E-state index < -0.39 is 5.60 Å². The van der Waals surface area contributed by atoms with E-state index >= 15 is 0 Å². The fourth-order valence-electron chi connectivity index (χ4n) is 3.25. The molecule has 0 aromatic rings. The van der Waals surface area contributed by atoms with E-state index in [0.29, 0.717) is 12.5 Å². The number of hydrogen-bond acceptors (Lipinski definition) is 4. The third-order valence-corrected chi connectivity index (χ3v) is 4.24. The molecule has 1 saturated heterocycles. The van der Waals surface area contributed by atoms with Gasteiger partial charge in [-0.15, -0.1) is 0 Å². The summed E-state index contributed by atoms with van der Waals surface area (Å²) in [5.41, 5.74) is -0.488. The van der Waals surface area contributed by atoms with Gasteiger partial charge in [0.1, 0.15) is 0 Å². The first-order valence-electron chi connectivity index (χ1n) is 7.31. The second kappa shape index (κ2) is 6.33. The molecule has 1 saturated carbocycles. The first kappa shape index (κ1) is 14.3. The molecule has 0 radical (unpaired) electrons. The molecule has 2 aliphatic rings. The Labute approximate surface area is 111 Å². The minimum atomic E-state index is -0.488. The van der Waals surface area contributed by atoms with Gasteiger partial charge in [0.25, 0.3) is 0 Å². The topological polar surface area (TPSA) is 44.7 Å². The summed E-state index contributed by atoms with van der Waals surface area (Å²) < 4.78 is 5.71. The largest absolute Gasteiger partial charge is 0.389 e. The predicted octanol–water partition coefficient (Wildman–Crippen LogP) is 0.848. The van der Waals surface area contributed by atoms with Crippen LogP contribution in [0.5, 0.6) is 0 Å². The van der Waals surface area contributed by atoms with Gasteiger partial charge in [0.15, 0.2) is 0 Å². The van der Waals surface area contributed by atoms with Crippen molar-refractivity contribution in [2.24, 2.45) is 5.92 Å². The van der Waals surface area contributed by atoms with Crippen molar-refractivity contribution in [2.75, 3.05) is 39.8 Å². The van der Waals surface area contributed by atoms with Gasteiger partial charge in [-0.2, -0.15) is 0 Å². The second-order valence-electron chi connectivity index (χ2n) is 6.31. The van der Waals surface area contributed by atoms with Crippen LogP contribution in [0.25, 0.3) is 0 Å². The van der Waals surface area contributed by atoms with Gasteiger partial charge in [0.05, 0.1) is 18.3 Å². The van der Waals surface area contributed by atoms with Crippen LogP contribution in [0.2, 0.25) is 0 Å². The molecule has 3 atom stereocenters. The molecule has 1 heterocycles. The van der Waals surface area contributed by atoms with E-state index in [1.165, 1.54) is 6.42 Å². The first-order chi connectivity index (χ1) is 8.57. The number of nitrogens with one attached hydrogen (secondary N) is 1. The lowest BCUT2D eigenvalue weighted by Crippen LogP contribution is -2.49. The van der Waals surface area contributed by atoms with E-state index in [-0.39, 0.29) is 6.10 Å². The summed E-state index contributed by atoms with van der Waals surface area (Å²) in [6.45, 7) is 6.63. The Morgan fingerprint density at radius 1 is 1.50 bits per heavy atom. The van der Waals surface area contributed by atoms with E-state index in [1.54, 1.807) is 0 Å². The molecule has 0 amide bonds. The van der Waals surface area contributed by atoms with Crippen molar-refractivity contribution in [3.05, 3.63) is 0 Å². The Kier molecular flexibility index (Phi) is 5.01. The highest BCUT2D eigenvalue weighted by atomic mass is 16.5. The molecule has 2 N–H and O–H groups in total. The molecule has 4 heteroatoms. The molecule has 18 heavy (non-hydrogen) atoms. The lowest BCUT2D eigenvalue weighted by molar-refractivity contribution is -0.0323. The van der Waals surface area contributed by atoms with E-state index in [4.69, 9.17) is 4.74 Å². The molecule has 106 valence electrons. The summed E-state index contributed by atoms with van der Waals surface area (Å²) in [5.74, 6) is 0.655. The second-order valence-corrected chi connectivity index (χ2v) is 6.31. The van der Waals surface area contributed by atoms with Crippen LogP contribution in [0.4, 0.5) is 0 Å². The SMILES string of the molecule is CC1CCCC(O)(CNCC2CN(C)CCO2)C1. The lowest BCUT2D eigenvalue weighted by atomic mass is 9.79. The lowest BCUT2D eigenvalue weighted by Gasteiger charge is -2.36. The van der Waals surface area contributed by atoms with Crippen LogP contribution < -0.4 is 5.32 Å². The number of nitrogens with zero attached hydrogens (tertiary/aromatic N) is 1. The average molecular weight is 256 g/mol. The molecule has 0 spiro atoms. The van der Waals surface area contributed by atoms with Crippen LogP contribution in [0, 0.1) is 5.92 Å². The Bertz CT molecular complexity index is 262.